The van der Waals surface area contributed by atoms with Crippen LogP contribution in [0.1, 0.15) is 136 Å². The van der Waals surface area contributed by atoms with Gasteiger partial charge in [0.15, 0.2) is 18.9 Å². The summed E-state index contributed by atoms with van der Waals surface area (Å²) in [5.41, 5.74) is -0.613. The molecule has 1 saturated carbocycles. The van der Waals surface area contributed by atoms with Crippen molar-refractivity contribution in [3.05, 3.63) is 24.3 Å². The summed E-state index contributed by atoms with van der Waals surface area (Å²) in [6.45, 7) is 8.38. The Bertz CT molecular complexity index is 805. The Balaban J connectivity index is 1.50. The molecule has 44 heavy (non-hydrogen) atoms. The highest BCUT2D eigenvalue weighted by atomic mass is 16.7. The van der Waals surface area contributed by atoms with E-state index < -0.39 is 5.60 Å². The molecule has 7 nitrogen and oxygen atoms in total. The van der Waals surface area contributed by atoms with Gasteiger partial charge in [-0.1, -0.05) is 50.5 Å². The minimum absolute atomic E-state index is 0.0266. The predicted molar refractivity (Wildman–Crippen MR) is 174 cm³/mol. The molecule has 7 heteroatoms. The quantitative estimate of drug-likeness (QED) is 0.122. The molecule has 0 spiro atoms. The van der Waals surface area contributed by atoms with Gasteiger partial charge in [-0.2, -0.15) is 0 Å². The van der Waals surface area contributed by atoms with Crippen molar-refractivity contribution in [3.8, 4) is 0 Å². The molecule has 0 radical (unpaired) electrons. The van der Waals surface area contributed by atoms with Gasteiger partial charge in [-0.15, -0.1) is 0 Å². The van der Waals surface area contributed by atoms with E-state index in [1.54, 1.807) is 0 Å². The fraction of sp³-hybridized carbons (Fsp3) is 0.892. The number of aliphatic hydroxyl groups is 1. The summed E-state index contributed by atoms with van der Waals surface area (Å²) in [7, 11) is 0. The normalized spacial score (nSPS) is 33.0. The Kier molecular flexibility index (Phi) is 16.2. The third kappa shape index (κ3) is 13.1. The second-order valence-electron chi connectivity index (χ2n) is 14.2. The second-order valence-corrected chi connectivity index (χ2v) is 14.2. The summed E-state index contributed by atoms with van der Waals surface area (Å²) >= 11 is 0. The SMILES string of the molecule is CCCCC[C@@H](/C=C/[C@@H]1[C@@H](C/C=C\CCCC(C)(C)O)[C@@H](OC2CCCCO2)C[C@H]1OC1CCCCO1)OC1CCCCO1. The Morgan fingerprint density at radius 3 is 2.02 bits per heavy atom. The third-order valence-electron chi connectivity index (χ3n) is 9.63. The largest absolute Gasteiger partial charge is 0.390 e. The lowest BCUT2D eigenvalue weighted by Crippen LogP contribution is -2.31. The number of hydrogen-bond donors (Lipinski definition) is 1. The van der Waals surface area contributed by atoms with E-state index >= 15 is 0 Å². The van der Waals surface area contributed by atoms with Crippen LogP contribution in [0.4, 0.5) is 0 Å². The van der Waals surface area contributed by atoms with Crippen LogP contribution in [0.15, 0.2) is 24.3 Å². The monoisotopic (exact) mass is 620 g/mol. The fourth-order valence-corrected chi connectivity index (χ4v) is 7.08. The summed E-state index contributed by atoms with van der Waals surface area (Å²) in [5, 5.41) is 10.1. The Morgan fingerprint density at radius 1 is 0.795 bits per heavy atom. The van der Waals surface area contributed by atoms with Gasteiger partial charge in [-0.3, -0.25) is 0 Å². The first-order valence-electron chi connectivity index (χ1n) is 18.3. The summed E-state index contributed by atoms with van der Waals surface area (Å²) in [5.74, 6) is 0.470. The summed E-state index contributed by atoms with van der Waals surface area (Å²) < 4.78 is 38.2. The molecule has 3 aliphatic heterocycles. The average Bonchev–Trinajstić information content (AvgIpc) is 3.33. The van der Waals surface area contributed by atoms with Crippen molar-refractivity contribution in [1.29, 1.82) is 0 Å². The van der Waals surface area contributed by atoms with Gasteiger partial charge >= 0.3 is 0 Å². The lowest BCUT2D eigenvalue weighted by molar-refractivity contribution is -0.203. The van der Waals surface area contributed by atoms with Gasteiger partial charge in [-0.05, 0) is 110 Å². The van der Waals surface area contributed by atoms with Gasteiger partial charge in [0.2, 0.25) is 0 Å². The third-order valence-corrected chi connectivity index (χ3v) is 9.63. The second kappa shape index (κ2) is 19.8. The van der Waals surface area contributed by atoms with Crippen LogP contribution in [-0.2, 0) is 28.4 Å². The zero-order valence-corrected chi connectivity index (χ0v) is 28.2. The maximum Gasteiger partial charge on any atom is 0.158 e. The minimum atomic E-state index is -0.613. The van der Waals surface area contributed by atoms with Crippen LogP contribution in [0.2, 0.25) is 0 Å². The molecule has 0 aromatic carbocycles. The van der Waals surface area contributed by atoms with Gasteiger partial charge in [0.25, 0.3) is 0 Å². The Hall–Kier alpha value is -0.800. The van der Waals surface area contributed by atoms with Crippen molar-refractivity contribution < 1.29 is 33.5 Å². The van der Waals surface area contributed by atoms with E-state index in [0.717, 1.165) is 116 Å². The van der Waals surface area contributed by atoms with Crippen LogP contribution >= 0.6 is 0 Å². The van der Waals surface area contributed by atoms with Crippen LogP contribution in [-0.4, -0.2) is 67.7 Å². The summed E-state index contributed by atoms with van der Waals surface area (Å²) in [6.07, 6.45) is 27.9. The molecule has 4 rings (SSSR count). The first kappa shape index (κ1) is 36.0. The molecule has 8 atom stereocenters. The predicted octanol–water partition coefficient (Wildman–Crippen LogP) is 8.38. The standard InChI is InChI=1S/C37H64O7/c1-4-5-8-17-29(42-34-19-10-14-25-39-34)22-23-31-30(18-9-6-7-13-24-37(2,3)38)32(43-35-20-11-15-26-40-35)28-33(31)44-36-21-12-16-27-41-36/h6,9,22-23,29-36,38H,4-5,7-8,10-21,24-28H2,1-3H3/b9-6-,23-22+/t29-,30+,31+,32-,33+,34?,35?,36?/m0/s1. The molecule has 1 N–H and O–H groups in total. The molecule has 4 aliphatic rings. The first-order valence-corrected chi connectivity index (χ1v) is 18.3. The van der Waals surface area contributed by atoms with E-state index in [0.29, 0.717) is 0 Å². The van der Waals surface area contributed by atoms with Gasteiger partial charge < -0.3 is 33.5 Å². The molecule has 0 aromatic rings. The van der Waals surface area contributed by atoms with E-state index in [9.17, 15) is 5.11 Å². The molecular formula is C37H64O7. The fourth-order valence-electron chi connectivity index (χ4n) is 7.08. The van der Waals surface area contributed by atoms with E-state index in [1.807, 2.05) is 13.8 Å². The van der Waals surface area contributed by atoms with E-state index in [-0.39, 0.29) is 49.0 Å². The number of hydrogen-bond acceptors (Lipinski definition) is 7. The first-order chi connectivity index (χ1) is 21.4. The Labute approximate surface area is 268 Å². The van der Waals surface area contributed by atoms with E-state index in [1.165, 1.54) is 19.3 Å². The maximum absolute atomic E-state index is 10.1. The van der Waals surface area contributed by atoms with Gasteiger partial charge in [0.05, 0.1) is 23.9 Å². The smallest absolute Gasteiger partial charge is 0.158 e. The maximum atomic E-state index is 10.1. The molecule has 3 heterocycles. The molecule has 254 valence electrons. The zero-order chi connectivity index (χ0) is 31.0. The lowest BCUT2D eigenvalue weighted by Gasteiger charge is -2.30. The molecule has 0 amide bonds. The van der Waals surface area contributed by atoms with Crippen molar-refractivity contribution in [1.82, 2.24) is 0 Å². The van der Waals surface area contributed by atoms with E-state index in [2.05, 4.69) is 31.2 Å². The van der Waals surface area contributed by atoms with Crippen LogP contribution in [0.5, 0.6) is 0 Å². The highest BCUT2D eigenvalue weighted by molar-refractivity contribution is 5.08. The molecule has 1 aliphatic carbocycles. The minimum Gasteiger partial charge on any atom is -0.390 e. The van der Waals surface area contributed by atoms with Crippen molar-refractivity contribution >= 4 is 0 Å². The highest BCUT2D eigenvalue weighted by Crippen LogP contribution is 2.42. The van der Waals surface area contributed by atoms with Gasteiger partial charge in [0.1, 0.15) is 0 Å². The highest BCUT2D eigenvalue weighted by Gasteiger charge is 2.45. The molecule has 3 unspecified atom stereocenters. The number of unbranched alkanes of at least 4 members (excludes halogenated alkanes) is 3. The van der Waals surface area contributed by atoms with Crippen molar-refractivity contribution in [2.45, 2.75) is 179 Å². The summed E-state index contributed by atoms with van der Waals surface area (Å²) in [6, 6.07) is 0. The number of ether oxygens (including phenoxy) is 6. The molecule has 4 fully saturated rings. The molecule has 0 aromatic heterocycles. The molecule has 3 saturated heterocycles. The summed E-state index contributed by atoms with van der Waals surface area (Å²) in [4.78, 5) is 0. The van der Waals surface area contributed by atoms with Gasteiger partial charge in [0, 0.05) is 32.2 Å². The van der Waals surface area contributed by atoms with Crippen molar-refractivity contribution in [2.75, 3.05) is 19.8 Å². The van der Waals surface area contributed by atoms with Crippen LogP contribution in [0.3, 0.4) is 0 Å². The number of allylic oxidation sites excluding steroid dienone is 2. The van der Waals surface area contributed by atoms with Crippen molar-refractivity contribution in [2.24, 2.45) is 11.8 Å². The van der Waals surface area contributed by atoms with Crippen molar-refractivity contribution in [3.63, 3.8) is 0 Å². The van der Waals surface area contributed by atoms with Gasteiger partial charge in [-0.25, -0.2) is 0 Å². The number of rotatable bonds is 18. The lowest BCUT2D eigenvalue weighted by atomic mass is 9.89. The topological polar surface area (TPSA) is 75.6 Å². The van der Waals surface area contributed by atoms with E-state index in [4.69, 9.17) is 28.4 Å². The zero-order valence-electron chi connectivity index (χ0n) is 28.2. The average molecular weight is 621 g/mol. The van der Waals surface area contributed by atoms with Crippen LogP contribution < -0.4 is 0 Å². The molecular weight excluding hydrogens is 556 g/mol. The van der Waals surface area contributed by atoms with Crippen LogP contribution in [0, 0.1) is 11.8 Å². The molecule has 0 bridgehead atoms. The Morgan fingerprint density at radius 2 is 1.43 bits per heavy atom. The van der Waals surface area contributed by atoms with Crippen LogP contribution in [0.25, 0.3) is 0 Å².